The Bertz CT molecular complexity index is 411. The van der Waals surface area contributed by atoms with Gasteiger partial charge < -0.3 is 4.48 Å². The van der Waals surface area contributed by atoms with Crippen LogP contribution in [0, 0.1) is 0 Å². The van der Waals surface area contributed by atoms with Crippen LogP contribution in [0.5, 0.6) is 0 Å². The van der Waals surface area contributed by atoms with E-state index in [0.717, 1.165) is 16.6 Å². The lowest BCUT2D eigenvalue weighted by Crippen LogP contribution is -2.44. The van der Waals surface area contributed by atoms with Crippen LogP contribution in [0.2, 0.25) is 0 Å². The molecule has 0 aliphatic rings. The van der Waals surface area contributed by atoms with Crippen molar-refractivity contribution in [2.75, 3.05) is 27.2 Å². The Hall–Kier alpha value is -1.15. The summed E-state index contributed by atoms with van der Waals surface area (Å²) in [6, 6.07) is 9.66. The highest BCUT2D eigenvalue weighted by Crippen LogP contribution is 2.11. The quantitative estimate of drug-likeness (QED) is 0.299. The molecule has 0 radical (unpaired) electrons. The number of Topliss-reactive ketones (excluding diaryl/α,β-unsaturated/α-hetero) is 1. The zero-order valence-corrected chi connectivity index (χ0v) is 14.8. The molecule has 0 aliphatic carbocycles. The third-order valence-corrected chi connectivity index (χ3v) is 4.28. The van der Waals surface area contributed by atoms with E-state index in [9.17, 15) is 4.79 Å². The van der Waals surface area contributed by atoms with Gasteiger partial charge in [0.1, 0.15) is 6.54 Å². The van der Waals surface area contributed by atoms with Crippen LogP contribution < -0.4 is 0 Å². The van der Waals surface area contributed by atoms with E-state index in [1.807, 2.05) is 30.3 Å². The fraction of sp³-hybridized carbons (Fsp3) is 0.650. The molecule has 2 nitrogen and oxygen atoms in total. The fourth-order valence-corrected chi connectivity index (χ4v) is 2.86. The van der Waals surface area contributed by atoms with Crippen LogP contribution in [0.25, 0.3) is 0 Å². The minimum Gasteiger partial charge on any atom is -0.322 e. The monoisotopic (exact) mass is 304 g/mol. The number of carbonyl (C=O) groups is 1. The minimum absolute atomic E-state index is 0.255. The standard InChI is InChI=1S/C20H34NO/c1-4-5-6-7-8-9-10-14-17-21(2,3)18-20(22)19-15-12-11-13-16-19/h11-13,15-16H,4-10,14,17-18H2,1-3H3/q+1. The fourth-order valence-electron chi connectivity index (χ4n) is 2.86. The highest BCUT2D eigenvalue weighted by atomic mass is 16.1. The summed E-state index contributed by atoms with van der Waals surface area (Å²) in [4.78, 5) is 12.3. The second-order valence-electron chi connectivity index (χ2n) is 7.08. The summed E-state index contributed by atoms with van der Waals surface area (Å²) in [5, 5.41) is 0. The molecule has 1 aromatic rings. The molecule has 0 bridgehead atoms. The Balaban J connectivity index is 2.17. The van der Waals surface area contributed by atoms with E-state index in [1.54, 1.807) is 0 Å². The first-order chi connectivity index (χ1) is 10.5. The summed E-state index contributed by atoms with van der Waals surface area (Å²) >= 11 is 0. The first kappa shape index (κ1) is 18.9. The zero-order valence-electron chi connectivity index (χ0n) is 14.8. The Kier molecular flexibility index (Phi) is 9.07. The lowest BCUT2D eigenvalue weighted by atomic mass is 10.1. The summed E-state index contributed by atoms with van der Waals surface area (Å²) in [5.41, 5.74) is 0.838. The number of hydrogen-bond acceptors (Lipinski definition) is 1. The molecular weight excluding hydrogens is 270 g/mol. The van der Waals surface area contributed by atoms with Crippen molar-refractivity contribution in [3.63, 3.8) is 0 Å². The molecule has 0 atom stereocenters. The van der Waals surface area contributed by atoms with Crippen molar-refractivity contribution >= 4 is 5.78 Å². The third kappa shape index (κ3) is 8.33. The number of unbranched alkanes of at least 4 members (excludes halogenated alkanes) is 7. The Labute approximate surface area is 137 Å². The molecule has 0 fully saturated rings. The van der Waals surface area contributed by atoms with Crippen molar-refractivity contribution in [3.8, 4) is 0 Å². The van der Waals surface area contributed by atoms with Crippen LogP contribution >= 0.6 is 0 Å². The largest absolute Gasteiger partial charge is 0.322 e. The van der Waals surface area contributed by atoms with Crippen LogP contribution in [-0.2, 0) is 0 Å². The number of nitrogens with zero attached hydrogens (tertiary/aromatic N) is 1. The average Bonchev–Trinajstić information content (AvgIpc) is 2.50. The molecule has 0 saturated heterocycles. The van der Waals surface area contributed by atoms with Gasteiger partial charge in [-0.2, -0.15) is 0 Å². The van der Waals surface area contributed by atoms with Crippen LogP contribution in [0.15, 0.2) is 30.3 Å². The van der Waals surface area contributed by atoms with Gasteiger partial charge in [0, 0.05) is 5.56 Å². The molecule has 0 N–H and O–H groups in total. The van der Waals surface area contributed by atoms with E-state index < -0.39 is 0 Å². The highest BCUT2D eigenvalue weighted by molar-refractivity contribution is 5.96. The maximum atomic E-state index is 12.3. The van der Waals surface area contributed by atoms with Gasteiger partial charge in [-0.1, -0.05) is 75.8 Å². The second kappa shape index (κ2) is 10.6. The molecule has 0 spiro atoms. The SMILES string of the molecule is CCCCCCCCCC[N+](C)(C)CC(=O)c1ccccc1. The number of hydrogen-bond donors (Lipinski definition) is 0. The molecule has 0 saturated carbocycles. The predicted octanol–water partition coefficient (Wildman–Crippen LogP) is 5.09. The maximum Gasteiger partial charge on any atom is 0.216 e. The van der Waals surface area contributed by atoms with Crippen LogP contribution in [-0.4, -0.2) is 37.5 Å². The normalized spacial score (nSPS) is 11.6. The van der Waals surface area contributed by atoms with Crippen LogP contribution in [0.4, 0.5) is 0 Å². The van der Waals surface area contributed by atoms with E-state index in [4.69, 9.17) is 0 Å². The molecule has 1 rings (SSSR count). The lowest BCUT2D eigenvalue weighted by molar-refractivity contribution is -0.882. The predicted molar refractivity (Wildman–Crippen MR) is 95.2 cm³/mol. The van der Waals surface area contributed by atoms with Crippen LogP contribution in [0.1, 0.15) is 68.6 Å². The van der Waals surface area contributed by atoms with Crippen molar-refractivity contribution in [3.05, 3.63) is 35.9 Å². The van der Waals surface area contributed by atoms with Gasteiger partial charge in [0.2, 0.25) is 5.78 Å². The van der Waals surface area contributed by atoms with Gasteiger partial charge in [-0.05, 0) is 12.8 Å². The molecule has 1 aromatic carbocycles. The summed E-state index contributed by atoms with van der Waals surface area (Å²) in [6.45, 7) is 3.95. The molecular formula is C20H34NO+. The van der Waals surface area contributed by atoms with Gasteiger partial charge in [0.15, 0.2) is 0 Å². The molecule has 22 heavy (non-hydrogen) atoms. The molecule has 0 unspecified atom stereocenters. The van der Waals surface area contributed by atoms with E-state index in [0.29, 0.717) is 6.54 Å². The van der Waals surface area contributed by atoms with Crippen molar-refractivity contribution in [1.29, 1.82) is 0 Å². The van der Waals surface area contributed by atoms with Gasteiger partial charge >= 0.3 is 0 Å². The minimum atomic E-state index is 0.255. The zero-order chi connectivity index (χ0) is 16.3. The Morgan fingerprint density at radius 3 is 2.00 bits per heavy atom. The summed E-state index contributed by atoms with van der Waals surface area (Å²) < 4.78 is 0.795. The molecule has 0 aliphatic heterocycles. The lowest BCUT2D eigenvalue weighted by Gasteiger charge is -2.29. The highest BCUT2D eigenvalue weighted by Gasteiger charge is 2.20. The van der Waals surface area contributed by atoms with Gasteiger partial charge in [0.05, 0.1) is 20.6 Å². The number of benzene rings is 1. The van der Waals surface area contributed by atoms with Gasteiger partial charge in [-0.25, -0.2) is 0 Å². The van der Waals surface area contributed by atoms with Gasteiger partial charge in [-0.15, -0.1) is 0 Å². The molecule has 2 heteroatoms. The molecule has 0 amide bonds. The van der Waals surface area contributed by atoms with E-state index in [1.165, 1.54) is 51.4 Å². The topological polar surface area (TPSA) is 17.1 Å². The first-order valence-corrected chi connectivity index (χ1v) is 8.95. The smallest absolute Gasteiger partial charge is 0.216 e. The summed E-state index contributed by atoms with van der Waals surface area (Å²) in [6.07, 6.45) is 10.7. The Morgan fingerprint density at radius 2 is 1.41 bits per heavy atom. The van der Waals surface area contributed by atoms with E-state index in [2.05, 4.69) is 21.0 Å². The number of rotatable bonds is 12. The van der Waals surface area contributed by atoms with Crippen molar-refractivity contribution in [1.82, 2.24) is 0 Å². The first-order valence-electron chi connectivity index (χ1n) is 8.95. The number of likely N-dealkylation sites (N-methyl/N-ethyl adjacent to an activating group) is 1. The maximum absolute atomic E-state index is 12.3. The molecule has 0 aromatic heterocycles. The van der Waals surface area contributed by atoms with Crippen molar-refractivity contribution < 1.29 is 9.28 Å². The second-order valence-corrected chi connectivity index (χ2v) is 7.08. The van der Waals surface area contributed by atoms with Crippen LogP contribution in [0.3, 0.4) is 0 Å². The third-order valence-electron chi connectivity index (χ3n) is 4.28. The Morgan fingerprint density at radius 1 is 0.864 bits per heavy atom. The van der Waals surface area contributed by atoms with Gasteiger partial charge in [0.25, 0.3) is 0 Å². The molecule has 0 heterocycles. The number of carbonyl (C=O) groups excluding carboxylic acids is 1. The average molecular weight is 304 g/mol. The van der Waals surface area contributed by atoms with Crippen molar-refractivity contribution in [2.24, 2.45) is 0 Å². The molecule has 124 valence electrons. The summed E-state index contributed by atoms with van der Waals surface area (Å²) in [7, 11) is 4.34. The van der Waals surface area contributed by atoms with E-state index in [-0.39, 0.29) is 5.78 Å². The number of quaternary nitrogens is 1. The van der Waals surface area contributed by atoms with Gasteiger partial charge in [-0.3, -0.25) is 4.79 Å². The number of ketones is 1. The van der Waals surface area contributed by atoms with E-state index >= 15 is 0 Å². The summed E-state index contributed by atoms with van der Waals surface area (Å²) in [5.74, 6) is 0.255. The van der Waals surface area contributed by atoms with Crippen molar-refractivity contribution in [2.45, 2.75) is 58.3 Å².